The first-order valence-corrected chi connectivity index (χ1v) is 5.56. The third-order valence-corrected chi connectivity index (χ3v) is 2.77. The van der Waals surface area contributed by atoms with Crippen LogP contribution in [0.4, 0.5) is 4.39 Å². The molecule has 0 aromatic heterocycles. The number of halogens is 1. The van der Waals surface area contributed by atoms with Crippen molar-refractivity contribution in [1.29, 1.82) is 0 Å². The Morgan fingerprint density at radius 3 is 2.22 bits per heavy atom. The number of carbonyl (C=O) groups excluding carboxylic acids is 1. The van der Waals surface area contributed by atoms with Crippen LogP contribution in [-0.4, -0.2) is 12.9 Å². The molecular weight excluding hydrogens is 231 g/mol. The molecule has 0 aliphatic heterocycles. The van der Waals surface area contributed by atoms with Crippen molar-refractivity contribution in [3.05, 3.63) is 65.0 Å². The van der Waals surface area contributed by atoms with Gasteiger partial charge in [0.15, 0.2) is 5.78 Å². The highest BCUT2D eigenvalue weighted by molar-refractivity contribution is 6.09. The summed E-state index contributed by atoms with van der Waals surface area (Å²) < 4.78 is 18.2. The zero-order chi connectivity index (χ0) is 13.1. The molecule has 0 heterocycles. The van der Waals surface area contributed by atoms with Crippen molar-refractivity contribution >= 4 is 5.78 Å². The molecule has 0 atom stereocenters. The Morgan fingerprint density at radius 2 is 1.67 bits per heavy atom. The van der Waals surface area contributed by atoms with E-state index < -0.39 is 0 Å². The number of hydrogen-bond donors (Lipinski definition) is 0. The topological polar surface area (TPSA) is 26.3 Å². The first-order valence-electron chi connectivity index (χ1n) is 5.56. The third-order valence-electron chi connectivity index (χ3n) is 2.77. The third kappa shape index (κ3) is 2.40. The Morgan fingerprint density at radius 1 is 1.06 bits per heavy atom. The zero-order valence-corrected chi connectivity index (χ0v) is 10.2. The van der Waals surface area contributed by atoms with Gasteiger partial charge in [0, 0.05) is 11.1 Å². The predicted molar refractivity (Wildman–Crippen MR) is 67.6 cm³/mol. The zero-order valence-electron chi connectivity index (χ0n) is 10.2. The number of carbonyl (C=O) groups is 1. The SMILES string of the molecule is COc1ccc(C(=O)c2ccc(F)c(C)c2)cc1. The van der Waals surface area contributed by atoms with Gasteiger partial charge in [-0.25, -0.2) is 4.39 Å². The van der Waals surface area contributed by atoms with E-state index >= 15 is 0 Å². The second kappa shape index (κ2) is 5.00. The predicted octanol–water partition coefficient (Wildman–Crippen LogP) is 3.37. The van der Waals surface area contributed by atoms with Crippen molar-refractivity contribution in [1.82, 2.24) is 0 Å². The Bertz CT molecular complexity index is 574. The van der Waals surface area contributed by atoms with Crippen LogP contribution < -0.4 is 4.74 Å². The quantitative estimate of drug-likeness (QED) is 0.774. The van der Waals surface area contributed by atoms with Crippen LogP contribution in [0, 0.1) is 12.7 Å². The summed E-state index contributed by atoms with van der Waals surface area (Å²) in [5.74, 6) is 0.267. The van der Waals surface area contributed by atoms with Gasteiger partial charge in [-0.15, -0.1) is 0 Å². The Hall–Kier alpha value is -2.16. The number of rotatable bonds is 3. The highest BCUT2D eigenvalue weighted by Crippen LogP contribution is 2.16. The summed E-state index contributed by atoms with van der Waals surface area (Å²) in [5, 5.41) is 0. The molecule has 0 N–H and O–H groups in total. The van der Waals surface area contributed by atoms with Crippen LogP contribution in [0.5, 0.6) is 5.75 Å². The van der Waals surface area contributed by atoms with Gasteiger partial charge >= 0.3 is 0 Å². The van der Waals surface area contributed by atoms with Crippen molar-refractivity contribution in [2.75, 3.05) is 7.11 Å². The van der Waals surface area contributed by atoms with Crippen LogP contribution >= 0.6 is 0 Å². The molecule has 0 saturated carbocycles. The van der Waals surface area contributed by atoms with Crippen molar-refractivity contribution in [3.63, 3.8) is 0 Å². The fraction of sp³-hybridized carbons (Fsp3) is 0.133. The molecule has 3 heteroatoms. The van der Waals surface area contributed by atoms with Gasteiger partial charge in [0.05, 0.1) is 7.11 Å². The summed E-state index contributed by atoms with van der Waals surface area (Å²) in [5.41, 5.74) is 1.51. The molecule has 0 saturated heterocycles. The first kappa shape index (κ1) is 12.3. The van der Waals surface area contributed by atoms with Gasteiger partial charge in [0.2, 0.25) is 0 Å². The van der Waals surface area contributed by atoms with Gasteiger partial charge in [0.1, 0.15) is 11.6 Å². The normalized spacial score (nSPS) is 10.2. The smallest absolute Gasteiger partial charge is 0.193 e. The van der Waals surface area contributed by atoms with Crippen LogP contribution in [0.2, 0.25) is 0 Å². The van der Waals surface area contributed by atoms with E-state index in [9.17, 15) is 9.18 Å². The molecule has 0 fully saturated rings. The number of hydrogen-bond acceptors (Lipinski definition) is 2. The number of ether oxygens (including phenoxy) is 1. The Balaban J connectivity index is 2.32. The van der Waals surface area contributed by atoms with Crippen molar-refractivity contribution in [3.8, 4) is 5.75 Å². The summed E-state index contributed by atoms with van der Waals surface area (Å²) >= 11 is 0. The van der Waals surface area contributed by atoms with E-state index in [0.717, 1.165) is 0 Å². The van der Waals surface area contributed by atoms with E-state index in [0.29, 0.717) is 22.4 Å². The molecule has 0 unspecified atom stereocenters. The average Bonchev–Trinajstić information content (AvgIpc) is 2.41. The van der Waals surface area contributed by atoms with Crippen LogP contribution in [0.15, 0.2) is 42.5 Å². The van der Waals surface area contributed by atoms with Crippen LogP contribution in [0.1, 0.15) is 21.5 Å². The maximum Gasteiger partial charge on any atom is 0.193 e. The fourth-order valence-electron chi connectivity index (χ4n) is 1.69. The number of ketones is 1. The maximum atomic E-state index is 13.1. The van der Waals surface area contributed by atoms with Gasteiger partial charge in [-0.3, -0.25) is 4.79 Å². The van der Waals surface area contributed by atoms with Gasteiger partial charge < -0.3 is 4.74 Å². The lowest BCUT2D eigenvalue weighted by Gasteiger charge is -2.04. The number of aryl methyl sites for hydroxylation is 1. The molecule has 92 valence electrons. The second-order valence-corrected chi connectivity index (χ2v) is 4.02. The molecule has 0 radical (unpaired) electrons. The molecule has 18 heavy (non-hydrogen) atoms. The van der Waals surface area contributed by atoms with E-state index in [2.05, 4.69) is 0 Å². The molecular formula is C15H13FO2. The van der Waals surface area contributed by atoms with Crippen LogP contribution in [-0.2, 0) is 0 Å². The lowest BCUT2D eigenvalue weighted by atomic mass is 10.0. The minimum Gasteiger partial charge on any atom is -0.497 e. The largest absolute Gasteiger partial charge is 0.497 e. The summed E-state index contributed by atoms with van der Waals surface area (Å²) in [7, 11) is 1.57. The van der Waals surface area contributed by atoms with Crippen molar-refractivity contribution in [2.24, 2.45) is 0 Å². The first-order chi connectivity index (χ1) is 8.61. The molecule has 2 aromatic rings. The lowest BCUT2D eigenvalue weighted by molar-refractivity contribution is 0.103. The molecule has 0 amide bonds. The molecule has 0 bridgehead atoms. The Kier molecular flexibility index (Phi) is 3.42. The van der Waals surface area contributed by atoms with Gasteiger partial charge in [0.25, 0.3) is 0 Å². The molecule has 2 aromatic carbocycles. The van der Waals surface area contributed by atoms with Crippen molar-refractivity contribution < 1.29 is 13.9 Å². The van der Waals surface area contributed by atoms with Crippen LogP contribution in [0.25, 0.3) is 0 Å². The number of benzene rings is 2. The van der Waals surface area contributed by atoms with E-state index in [4.69, 9.17) is 4.74 Å². The Labute approximate surface area is 105 Å². The standard InChI is InChI=1S/C15H13FO2/c1-10-9-12(5-8-14(10)16)15(17)11-3-6-13(18-2)7-4-11/h3-9H,1-2H3. The van der Waals surface area contributed by atoms with Crippen molar-refractivity contribution in [2.45, 2.75) is 6.92 Å². The summed E-state index contributed by atoms with van der Waals surface area (Å²) in [6.45, 7) is 1.64. The molecule has 0 aliphatic rings. The molecule has 0 spiro atoms. The van der Waals surface area contributed by atoms with Gasteiger partial charge in [-0.05, 0) is 55.0 Å². The highest BCUT2D eigenvalue weighted by atomic mass is 19.1. The molecule has 2 rings (SSSR count). The summed E-state index contributed by atoms with van der Waals surface area (Å²) in [6, 6.07) is 11.2. The van der Waals surface area contributed by atoms with E-state index in [-0.39, 0.29) is 11.6 Å². The minimum atomic E-state index is -0.304. The lowest BCUT2D eigenvalue weighted by Crippen LogP contribution is -2.02. The molecule has 0 aliphatic carbocycles. The number of methoxy groups -OCH3 is 1. The monoisotopic (exact) mass is 244 g/mol. The van der Waals surface area contributed by atoms with E-state index in [1.807, 2.05) is 0 Å². The second-order valence-electron chi connectivity index (χ2n) is 4.02. The van der Waals surface area contributed by atoms with E-state index in [1.54, 1.807) is 44.4 Å². The molecule has 2 nitrogen and oxygen atoms in total. The maximum absolute atomic E-state index is 13.1. The highest BCUT2D eigenvalue weighted by Gasteiger charge is 2.10. The van der Waals surface area contributed by atoms with Gasteiger partial charge in [-0.1, -0.05) is 0 Å². The fourth-order valence-corrected chi connectivity index (χ4v) is 1.69. The van der Waals surface area contributed by atoms with E-state index in [1.165, 1.54) is 12.1 Å². The minimum absolute atomic E-state index is 0.124. The van der Waals surface area contributed by atoms with Crippen LogP contribution in [0.3, 0.4) is 0 Å². The summed E-state index contributed by atoms with van der Waals surface area (Å²) in [4.78, 5) is 12.1. The average molecular weight is 244 g/mol. The van der Waals surface area contributed by atoms with Gasteiger partial charge in [-0.2, -0.15) is 0 Å². The summed E-state index contributed by atoms with van der Waals surface area (Å²) in [6.07, 6.45) is 0.